The molecule has 0 radical (unpaired) electrons. The number of benzene rings is 2. The summed E-state index contributed by atoms with van der Waals surface area (Å²) < 4.78 is 44.2. The average Bonchev–Trinajstić information content (AvgIpc) is 3.38. The van der Waals surface area contributed by atoms with Crippen molar-refractivity contribution in [2.24, 2.45) is 0 Å². The Morgan fingerprint density at radius 3 is 2.58 bits per heavy atom. The number of hydrogen-bond donors (Lipinski definition) is 2. The summed E-state index contributed by atoms with van der Waals surface area (Å²) in [6.07, 6.45) is -4.11. The summed E-state index contributed by atoms with van der Waals surface area (Å²) >= 11 is 7.13. The smallest absolute Gasteiger partial charge is 0.416 e. The fourth-order valence-electron chi connectivity index (χ4n) is 3.67. The number of nitrogens with zero attached hydrogens (tertiary/aromatic N) is 2. The maximum Gasteiger partial charge on any atom is 0.416 e. The van der Waals surface area contributed by atoms with Gasteiger partial charge in [0.1, 0.15) is 23.1 Å². The second-order valence-electron chi connectivity index (χ2n) is 8.29. The van der Waals surface area contributed by atoms with Gasteiger partial charge >= 0.3 is 6.18 Å². The number of halogens is 4. The van der Waals surface area contributed by atoms with E-state index in [0.29, 0.717) is 27.8 Å². The quantitative estimate of drug-likeness (QED) is 0.483. The van der Waals surface area contributed by atoms with Gasteiger partial charge in [0.15, 0.2) is 0 Å². The molecule has 1 aliphatic rings. The topological polar surface area (TPSA) is 101 Å². The van der Waals surface area contributed by atoms with E-state index in [1.807, 2.05) is 0 Å². The number of carbonyl (C=O) groups is 3. The number of rotatable bonds is 2. The molecule has 0 aliphatic carbocycles. The highest BCUT2D eigenvalue weighted by molar-refractivity contribution is 7.13. The van der Waals surface area contributed by atoms with Crippen molar-refractivity contribution in [2.75, 3.05) is 32.8 Å². The predicted octanol–water partition coefficient (Wildman–Crippen LogP) is 4.25. The molecular weight excluding hydrogens is 545 g/mol. The maximum absolute atomic E-state index is 13.2. The Morgan fingerprint density at radius 2 is 1.84 bits per heavy atom. The van der Waals surface area contributed by atoms with Crippen molar-refractivity contribution in [3.8, 4) is 16.3 Å². The molecule has 3 aromatic rings. The lowest BCUT2D eigenvalue weighted by molar-refractivity contribution is -0.137. The second-order valence-corrected chi connectivity index (χ2v) is 9.58. The van der Waals surface area contributed by atoms with Gasteiger partial charge in [0, 0.05) is 29.1 Å². The van der Waals surface area contributed by atoms with Crippen LogP contribution in [0.15, 0.2) is 47.8 Å². The second kappa shape index (κ2) is 11.8. The first-order valence-electron chi connectivity index (χ1n) is 11.5. The summed E-state index contributed by atoms with van der Waals surface area (Å²) in [6.45, 7) is 0.345. The highest BCUT2D eigenvalue weighted by Crippen LogP contribution is 2.32. The zero-order chi connectivity index (χ0) is 27.3. The Kier molecular flexibility index (Phi) is 8.52. The molecule has 2 heterocycles. The molecule has 0 saturated carbocycles. The fourth-order valence-corrected chi connectivity index (χ4v) is 4.65. The normalized spacial score (nSPS) is 15.5. The standard InChI is InChI=1S/C25H22ClF3N4O4S/c26-17-6-7-20-18(12-17)22(35)31-8-1-10-33(13-21(34)30-9-11-37-20)24(36)19-14-38-23(32-19)15-2-4-16(5-3-15)25(27,28)29/h2-7,12,14H,1,8-11,13H2,(H,30,34)(H,31,35). The van der Waals surface area contributed by atoms with Crippen LogP contribution in [0.25, 0.3) is 10.6 Å². The number of alkyl halides is 3. The van der Waals surface area contributed by atoms with Gasteiger partial charge in [-0.15, -0.1) is 11.3 Å². The largest absolute Gasteiger partial charge is 0.491 e. The number of ether oxygens (including phenoxy) is 1. The minimum absolute atomic E-state index is 0.0646. The predicted molar refractivity (Wildman–Crippen MR) is 135 cm³/mol. The van der Waals surface area contributed by atoms with Gasteiger partial charge in [-0.05, 0) is 36.8 Å². The molecule has 0 fully saturated rings. The number of amides is 3. The lowest BCUT2D eigenvalue weighted by Gasteiger charge is -2.22. The average molecular weight is 567 g/mol. The highest BCUT2D eigenvalue weighted by Gasteiger charge is 2.30. The molecule has 13 heteroatoms. The van der Waals surface area contributed by atoms with E-state index >= 15 is 0 Å². The molecule has 0 bridgehead atoms. The van der Waals surface area contributed by atoms with E-state index in [9.17, 15) is 27.6 Å². The van der Waals surface area contributed by atoms with Gasteiger partial charge in [-0.25, -0.2) is 4.98 Å². The SMILES string of the molecule is O=C1CN(C(=O)c2csc(-c3ccc(C(F)(F)F)cc3)n2)CCCNC(=O)c2cc(Cl)ccc2OCCN1. The third kappa shape index (κ3) is 6.81. The third-order valence-corrected chi connectivity index (χ3v) is 6.69. The first-order chi connectivity index (χ1) is 18.1. The minimum atomic E-state index is -4.45. The zero-order valence-corrected chi connectivity index (χ0v) is 21.4. The molecule has 0 saturated heterocycles. The molecule has 1 aliphatic heterocycles. The van der Waals surface area contributed by atoms with Gasteiger partial charge in [-0.2, -0.15) is 13.2 Å². The Labute approximate surface area is 224 Å². The summed E-state index contributed by atoms with van der Waals surface area (Å²) in [5.74, 6) is -0.969. The summed E-state index contributed by atoms with van der Waals surface area (Å²) in [7, 11) is 0. The Hall–Kier alpha value is -3.64. The van der Waals surface area contributed by atoms with Crippen molar-refractivity contribution < 1.29 is 32.3 Å². The molecule has 1 aromatic heterocycles. The Bertz CT molecular complexity index is 1330. The van der Waals surface area contributed by atoms with Crippen LogP contribution in [-0.2, 0) is 11.0 Å². The monoisotopic (exact) mass is 566 g/mol. The van der Waals surface area contributed by atoms with Crippen LogP contribution in [0.3, 0.4) is 0 Å². The molecule has 200 valence electrons. The lowest BCUT2D eigenvalue weighted by Crippen LogP contribution is -2.43. The summed E-state index contributed by atoms with van der Waals surface area (Å²) in [5.41, 5.74) is -0.0271. The number of fused-ring (bicyclic) bond motifs is 1. The molecule has 0 unspecified atom stereocenters. The number of aromatic nitrogens is 1. The van der Waals surface area contributed by atoms with Crippen LogP contribution in [0.2, 0.25) is 5.02 Å². The molecule has 0 atom stereocenters. The summed E-state index contributed by atoms with van der Waals surface area (Å²) in [6, 6.07) is 9.16. The molecule has 4 rings (SSSR count). The van der Waals surface area contributed by atoms with Gasteiger partial charge in [0.05, 0.1) is 24.2 Å². The van der Waals surface area contributed by atoms with Crippen LogP contribution in [0.1, 0.15) is 32.8 Å². The molecule has 3 amide bonds. The Morgan fingerprint density at radius 1 is 1.08 bits per heavy atom. The fraction of sp³-hybridized carbons (Fsp3) is 0.280. The van der Waals surface area contributed by atoms with Crippen LogP contribution >= 0.6 is 22.9 Å². The van der Waals surface area contributed by atoms with Crippen LogP contribution in [0, 0.1) is 0 Å². The first-order valence-corrected chi connectivity index (χ1v) is 12.8. The molecule has 2 aromatic carbocycles. The first kappa shape index (κ1) is 27.4. The molecule has 38 heavy (non-hydrogen) atoms. The van der Waals surface area contributed by atoms with Gasteiger partial charge in [-0.3, -0.25) is 14.4 Å². The maximum atomic E-state index is 13.2. The van der Waals surface area contributed by atoms with Gasteiger partial charge in [0.2, 0.25) is 5.91 Å². The van der Waals surface area contributed by atoms with Crippen molar-refractivity contribution >= 4 is 40.7 Å². The van der Waals surface area contributed by atoms with Crippen molar-refractivity contribution in [1.29, 1.82) is 0 Å². The zero-order valence-electron chi connectivity index (χ0n) is 19.8. The van der Waals surface area contributed by atoms with Crippen molar-refractivity contribution in [3.05, 3.63) is 69.7 Å². The van der Waals surface area contributed by atoms with Crippen molar-refractivity contribution in [1.82, 2.24) is 20.5 Å². The van der Waals surface area contributed by atoms with Gasteiger partial charge < -0.3 is 20.3 Å². The van der Waals surface area contributed by atoms with Crippen LogP contribution in [0.5, 0.6) is 5.75 Å². The Balaban J connectivity index is 1.47. The van der Waals surface area contributed by atoms with E-state index in [4.69, 9.17) is 16.3 Å². The summed E-state index contributed by atoms with van der Waals surface area (Å²) in [4.78, 5) is 44.0. The van der Waals surface area contributed by atoms with Crippen LogP contribution in [-0.4, -0.2) is 60.4 Å². The van der Waals surface area contributed by atoms with Gasteiger partial charge in [-0.1, -0.05) is 23.7 Å². The number of nitrogens with one attached hydrogen (secondary N) is 2. The number of hydrogen-bond acceptors (Lipinski definition) is 6. The third-order valence-electron chi connectivity index (χ3n) is 5.56. The van der Waals surface area contributed by atoms with Gasteiger partial charge in [0.25, 0.3) is 11.8 Å². The van der Waals surface area contributed by atoms with Crippen molar-refractivity contribution in [3.63, 3.8) is 0 Å². The molecule has 2 N–H and O–H groups in total. The van der Waals surface area contributed by atoms with E-state index in [2.05, 4.69) is 15.6 Å². The lowest BCUT2D eigenvalue weighted by atomic mass is 10.1. The molecule has 8 nitrogen and oxygen atoms in total. The van der Waals surface area contributed by atoms with E-state index < -0.39 is 23.6 Å². The highest BCUT2D eigenvalue weighted by atomic mass is 35.5. The molecule has 0 spiro atoms. The summed E-state index contributed by atoms with van der Waals surface area (Å²) in [5, 5.41) is 7.68. The van der Waals surface area contributed by atoms with E-state index in [-0.39, 0.29) is 50.0 Å². The van der Waals surface area contributed by atoms with Crippen molar-refractivity contribution in [2.45, 2.75) is 12.6 Å². The van der Waals surface area contributed by atoms with E-state index in [0.717, 1.165) is 23.5 Å². The number of carbonyl (C=O) groups excluding carboxylic acids is 3. The number of thiazole rings is 1. The van der Waals surface area contributed by atoms with E-state index in [1.54, 1.807) is 12.1 Å². The van der Waals surface area contributed by atoms with Crippen LogP contribution in [0.4, 0.5) is 13.2 Å². The van der Waals surface area contributed by atoms with Crippen LogP contribution < -0.4 is 15.4 Å². The van der Waals surface area contributed by atoms with E-state index in [1.165, 1.54) is 28.5 Å². The minimum Gasteiger partial charge on any atom is -0.491 e. The molecular formula is C25H22ClF3N4O4S.